The molecule has 0 spiro atoms. The van der Waals surface area contributed by atoms with Crippen molar-refractivity contribution in [2.75, 3.05) is 6.54 Å². The van der Waals surface area contributed by atoms with Gasteiger partial charge in [-0.1, -0.05) is 19.1 Å². The van der Waals surface area contributed by atoms with E-state index in [1.54, 1.807) is 25.4 Å². The highest BCUT2D eigenvalue weighted by Crippen LogP contribution is 2.28. The van der Waals surface area contributed by atoms with E-state index in [-0.39, 0.29) is 43.2 Å². The Hall–Kier alpha value is -3.86. The van der Waals surface area contributed by atoms with Crippen molar-refractivity contribution in [3.63, 3.8) is 0 Å². The molecule has 11 heteroatoms. The first kappa shape index (κ1) is 27.7. The van der Waals surface area contributed by atoms with Crippen molar-refractivity contribution in [3.8, 4) is 11.1 Å². The van der Waals surface area contributed by atoms with Gasteiger partial charge in [0.1, 0.15) is 28.8 Å². The summed E-state index contributed by atoms with van der Waals surface area (Å²) >= 11 is 3.35. The molecule has 206 valence electrons. The number of carbonyl (C=O) groups excluding carboxylic acids is 3. The average molecular weight is 607 g/mol. The number of pyridine rings is 1. The summed E-state index contributed by atoms with van der Waals surface area (Å²) < 4.78 is 16.6. The number of rotatable bonds is 8. The van der Waals surface area contributed by atoms with E-state index in [0.29, 0.717) is 33.4 Å². The van der Waals surface area contributed by atoms with E-state index >= 15 is 0 Å². The molecule has 0 bridgehead atoms. The summed E-state index contributed by atoms with van der Waals surface area (Å²) in [6, 6.07) is 8.28. The second kappa shape index (κ2) is 11.3. The van der Waals surface area contributed by atoms with Crippen molar-refractivity contribution >= 4 is 44.3 Å². The molecule has 0 unspecified atom stereocenters. The van der Waals surface area contributed by atoms with Crippen LogP contribution in [0.2, 0.25) is 0 Å². The Labute approximate surface area is 239 Å². The molecule has 0 radical (unpaired) electrons. The molecule has 0 saturated carbocycles. The summed E-state index contributed by atoms with van der Waals surface area (Å²) in [7, 11) is 0. The number of benzene rings is 1. The van der Waals surface area contributed by atoms with Gasteiger partial charge in [0.15, 0.2) is 11.6 Å². The van der Waals surface area contributed by atoms with Crippen LogP contribution in [0.5, 0.6) is 0 Å². The third-order valence-corrected chi connectivity index (χ3v) is 7.62. The number of halogens is 2. The molecule has 0 N–H and O–H groups in total. The largest absolute Gasteiger partial charge is 0.328 e. The highest BCUT2D eigenvalue weighted by atomic mass is 79.9. The zero-order valence-corrected chi connectivity index (χ0v) is 24.0. The smallest absolute Gasteiger partial charge is 0.245 e. The number of Topliss-reactive ketones (excluding diaryl/α,β-unsaturated/α-hetero) is 2. The molecular formula is C29H28BrFN6O3. The Balaban J connectivity index is 1.41. The minimum Gasteiger partial charge on any atom is -0.328 e. The van der Waals surface area contributed by atoms with Gasteiger partial charge in [0.05, 0.1) is 30.2 Å². The van der Waals surface area contributed by atoms with Crippen molar-refractivity contribution in [3.05, 3.63) is 70.1 Å². The summed E-state index contributed by atoms with van der Waals surface area (Å²) in [5, 5.41) is 5.02. The SMILES string of the molecule is CCc1ccc(Br)nc1CC(=O)[C@@H]1C[C@@H](F)CN1C(=O)Cn1nc(C(C)=O)c2cc(-c3cnc(C)nc3)ccc21. The summed E-state index contributed by atoms with van der Waals surface area (Å²) in [6.45, 7) is 4.79. The molecule has 1 amide bonds. The number of likely N-dealkylation sites (tertiary alicyclic amines) is 1. The molecule has 4 aromatic rings. The molecular weight excluding hydrogens is 579 g/mol. The van der Waals surface area contributed by atoms with Crippen LogP contribution in [0.4, 0.5) is 4.39 Å². The molecule has 5 rings (SSSR count). The van der Waals surface area contributed by atoms with Gasteiger partial charge in [0.25, 0.3) is 0 Å². The monoisotopic (exact) mass is 606 g/mol. The fourth-order valence-corrected chi connectivity index (χ4v) is 5.47. The zero-order chi connectivity index (χ0) is 28.6. The van der Waals surface area contributed by atoms with E-state index in [1.807, 2.05) is 31.2 Å². The lowest BCUT2D eigenvalue weighted by atomic mass is 10.0. The normalized spacial score (nSPS) is 17.0. The van der Waals surface area contributed by atoms with Gasteiger partial charge < -0.3 is 4.90 Å². The summed E-state index contributed by atoms with van der Waals surface area (Å²) in [6.07, 6.45) is 2.76. The second-order valence-corrected chi connectivity index (χ2v) is 10.8. The molecule has 3 aromatic heterocycles. The van der Waals surface area contributed by atoms with Crippen LogP contribution in [0.3, 0.4) is 0 Å². The molecule has 1 saturated heterocycles. The highest BCUT2D eigenvalue weighted by Gasteiger charge is 2.40. The topological polar surface area (TPSA) is 111 Å². The van der Waals surface area contributed by atoms with E-state index in [1.165, 1.54) is 16.5 Å². The first-order chi connectivity index (χ1) is 19.1. The number of hydrogen-bond acceptors (Lipinski definition) is 7. The minimum atomic E-state index is -1.31. The predicted molar refractivity (Wildman–Crippen MR) is 151 cm³/mol. The fourth-order valence-electron chi connectivity index (χ4n) is 5.13. The van der Waals surface area contributed by atoms with Crippen LogP contribution in [-0.2, 0) is 29.0 Å². The van der Waals surface area contributed by atoms with Gasteiger partial charge in [-0.15, -0.1) is 0 Å². The van der Waals surface area contributed by atoms with Gasteiger partial charge in [0.2, 0.25) is 5.91 Å². The standard InChI is InChI=1S/C29H28BrFN6O3/c1-4-18-6-8-27(30)34-23(18)11-26(39)25-10-21(31)14-36(25)28(40)15-37-24-7-5-19(20-12-32-17(3)33-13-20)9-22(24)29(35-37)16(2)38/h5-9,12-13,21,25H,4,10-11,14-15H2,1-3H3/t21-,25+/m1/s1. The van der Waals surface area contributed by atoms with E-state index in [2.05, 4.69) is 36.0 Å². The van der Waals surface area contributed by atoms with Gasteiger partial charge >= 0.3 is 0 Å². The van der Waals surface area contributed by atoms with Crippen molar-refractivity contribution < 1.29 is 18.8 Å². The third kappa shape index (κ3) is 5.56. The van der Waals surface area contributed by atoms with Gasteiger partial charge in [0, 0.05) is 36.7 Å². The third-order valence-electron chi connectivity index (χ3n) is 7.18. The zero-order valence-electron chi connectivity index (χ0n) is 22.4. The molecule has 1 aliphatic heterocycles. The maximum Gasteiger partial charge on any atom is 0.245 e. The number of aromatic nitrogens is 5. The predicted octanol–water partition coefficient (Wildman–Crippen LogP) is 4.48. The Morgan fingerprint density at radius 3 is 2.55 bits per heavy atom. The molecule has 1 aromatic carbocycles. The number of hydrogen-bond donors (Lipinski definition) is 0. The Kier molecular flexibility index (Phi) is 7.84. The van der Waals surface area contributed by atoms with Gasteiger partial charge in [-0.05, 0) is 58.6 Å². The maximum atomic E-state index is 14.6. The summed E-state index contributed by atoms with van der Waals surface area (Å²) in [4.78, 5) is 53.4. The Bertz CT molecular complexity index is 1620. The minimum absolute atomic E-state index is 0.00840. The van der Waals surface area contributed by atoms with E-state index in [4.69, 9.17) is 0 Å². The van der Waals surface area contributed by atoms with Crippen LogP contribution < -0.4 is 0 Å². The molecule has 0 aliphatic carbocycles. The highest BCUT2D eigenvalue weighted by molar-refractivity contribution is 9.10. The number of amides is 1. The molecule has 40 heavy (non-hydrogen) atoms. The van der Waals surface area contributed by atoms with Crippen molar-refractivity contribution in [2.24, 2.45) is 0 Å². The lowest BCUT2D eigenvalue weighted by Crippen LogP contribution is -2.43. The summed E-state index contributed by atoms with van der Waals surface area (Å²) in [5.41, 5.74) is 3.95. The number of carbonyl (C=O) groups is 3. The molecule has 1 aliphatic rings. The van der Waals surface area contributed by atoms with Gasteiger partial charge in [-0.2, -0.15) is 5.10 Å². The van der Waals surface area contributed by atoms with E-state index < -0.39 is 18.1 Å². The number of aryl methyl sites for hydroxylation is 2. The van der Waals surface area contributed by atoms with Crippen LogP contribution in [0.25, 0.3) is 22.0 Å². The van der Waals surface area contributed by atoms with Crippen LogP contribution >= 0.6 is 15.9 Å². The quantitative estimate of drug-likeness (QED) is 0.215. The number of nitrogens with zero attached hydrogens (tertiary/aromatic N) is 6. The van der Waals surface area contributed by atoms with E-state index in [0.717, 1.165) is 16.7 Å². The van der Waals surface area contributed by atoms with Gasteiger partial charge in [-0.3, -0.25) is 19.1 Å². The van der Waals surface area contributed by atoms with Gasteiger partial charge in [-0.25, -0.2) is 19.3 Å². The van der Waals surface area contributed by atoms with E-state index in [9.17, 15) is 18.8 Å². The van der Waals surface area contributed by atoms with Crippen LogP contribution in [0.15, 0.2) is 47.3 Å². The molecule has 4 heterocycles. The first-order valence-electron chi connectivity index (χ1n) is 13.1. The van der Waals surface area contributed by atoms with Crippen LogP contribution in [0.1, 0.15) is 47.8 Å². The number of fused-ring (bicyclic) bond motifs is 1. The van der Waals surface area contributed by atoms with Crippen LogP contribution in [0, 0.1) is 6.92 Å². The van der Waals surface area contributed by atoms with Crippen molar-refractivity contribution in [1.29, 1.82) is 0 Å². The lowest BCUT2D eigenvalue weighted by molar-refractivity contribution is -0.138. The Morgan fingerprint density at radius 1 is 1.10 bits per heavy atom. The molecule has 1 fully saturated rings. The Morgan fingerprint density at radius 2 is 1.85 bits per heavy atom. The number of ketones is 2. The molecule has 9 nitrogen and oxygen atoms in total. The maximum absolute atomic E-state index is 14.6. The molecule has 2 atom stereocenters. The van der Waals surface area contributed by atoms with Crippen LogP contribution in [-0.4, -0.2) is 65.9 Å². The average Bonchev–Trinajstić information content (AvgIpc) is 3.50. The number of alkyl halides is 1. The first-order valence-corrected chi connectivity index (χ1v) is 13.8. The lowest BCUT2D eigenvalue weighted by Gasteiger charge is -2.23. The van der Waals surface area contributed by atoms with Crippen molar-refractivity contribution in [2.45, 2.75) is 58.8 Å². The second-order valence-electron chi connectivity index (χ2n) is 9.94. The fraction of sp³-hybridized carbons (Fsp3) is 0.345. The van der Waals surface area contributed by atoms with Crippen molar-refractivity contribution in [1.82, 2.24) is 29.6 Å². The summed E-state index contributed by atoms with van der Waals surface area (Å²) in [5.74, 6) is -0.297.